The summed E-state index contributed by atoms with van der Waals surface area (Å²) in [6.07, 6.45) is 3.36. The van der Waals surface area contributed by atoms with Crippen molar-refractivity contribution in [3.05, 3.63) is 57.9 Å². The second-order valence-corrected chi connectivity index (χ2v) is 7.21. The van der Waals surface area contributed by atoms with Crippen LogP contribution in [0, 0.1) is 13.8 Å². The molecule has 2 aromatic rings. The molecule has 5 nitrogen and oxygen atoms in total. The minimum atomic E-state index is -0.405. The van der Waals surface area contributed by atoms with Crippen LogP contribution in [0.25, 0.3) is 0 Å². The molecule has 26 heavy (non-hydrogen) atoms. The van der Waals surface area contributed by atoms with E-state index in [1.807, 2.05) is 0 Å². The monoisotopic (exact) mass is 355 g/mol. The van der Waals surface area contributed by atoms with Crippen LogP contribution < -0.4 is 4.90 Å². The number of fused-ring (bicyclic) bond motifs is 1. The van der Waals surface area contributed by atoms with Gasteiger partial charge < -0.3 is 14.6 Å². The Morgan fingerprint density at radius 1 is 1.27 bits per heavy atom. The summed E-state index contributed by atoms with van der Waals surface area (Å²) < 4.78 is 4.83. The fourth-order valence-corrected chi connectivity index (χ4v) is 4.17. The zero-order valence-corrected chi connectivity index (χ0v) is 15.9. The fraction of sp³-hybridized carbons (Fsp3) is 0.429. The molecule has 0 bridgehead atoms. The molecule has 1 unspecified atom stereocenters. The average molecular weight is 355 g/mol. The highest BCUT2D eigenvalue weighted by Crippen LogP contribution is 2.27. The van der Waals surface area contributed by atoms with E-state index in [0.29, 0.717) is 35.1 Å². The molecule has 0 saturated heterocycles. The third-order valence-corrected chi connectivity index (χ3v) is 5.51. The minimum Gasteiger partial charge on any atom is -0.465 e. The molecule has 1 aromatic carbocycles. The normalized spacial score (nSPS) is 17.5. The Bertz CT molecular complexity index is 838. The number of ketones is 1. The summed E-state index contributed by atoms with van der Waals surface area (Å²) in [6, 6.07) is 8.87. The summed E-state index contributed by atoms with van der Waals surface area (Å²) in [6.45, 7) is 3.98. The molecule has 0 aliphatic heterocycles. The Morgan fingerprint density at radius 3 is 2.73 bits per heavy atom. The van der Waals surface area contributed by atoms with Crippen molar-refractivity contribution in [3.63, 3.8) is 0 Å². The highest BCUT2D eigenvalue weighted by molar-refractivity contribution is 6.01. The number of carbonyl (C=O) groups excluding carboxylic acids is 2. The first kappa shape index (κ1) is 18.4. The number of esters is 1. The van der Waals surface area contributed by atoms with E-state index in [2.05, 4.69) is 36.3 Å². The molecule has 3 rings (SSSR count). The first-order valence-electron chi connectivity index (χ1n) is 9.14. The van der Waals surface area contributed by atoms with Crippen molar-refractivity contribution in [3.8, 4) is 0 Å². The number of likely N-dealkylation sites (N-methyl/N-ethyl adjacent to an activating group) is 1. The number of hydrogen-bond acceptors (Lipinski definition) is 3. The molecular weight excluding hydrogens is 328 g/mol. The Hall–Kier alpha value is -2.40. The summed E-state index contributed by atoms with van der Waals surface area (Å²) in [5.41, 5.74) is 5.10. The molecule has 0 saturated carbocycles. The lowest BCUT2D eigenvalue weighted by Crippen LogP contribution is -3.10. The zero-order valence-electron chi connectivity index (χ0n) is 15.9. The maximum absolute atomic E-state index is 12.9. The van der Waals surface area contributed by atoms with Crippen LogP contribution in [0.2, 0.25) is 0 Å². The highest BCUT2D eigenvalue weighted by Gasteiger charge is 2.30. The number of benzene rings is 1. The van der Waals surface area contributed by atoms with E-state index in [4.69, 9.17) is 4.74 Å². The number of methoxy groups -OCH3 is 1. The molecule has 0 radical (unpaired) electrons. The van der Waals surface area contributed by atoms with E-state index in [1.165, 1.54) is 23.1 Å². The van der Waals surface area contributed by atoms with Gasteiger partial charge in [0.2, 0.25) is 5.78 Å². The lowest BCUT2D eigenvalue weighted by molar-refractivity contribution is -0.904. The van der Waals surface area contributed by atoms with Crippen LogP contribution in [0.4, 0.5) is 0 Å². The van der Waals surface area contributed by atoms with E-state index in [9.17, 15) is 9.59 Å². The van der Waals surface area contributed by atoms with Gasteiger partial charge in [-0.05, 0) is 37.8 Å². The van der Waals surface area contributed by atoms with Crippen LogP contribution in [-0.2, 0) is 11.2 Å². The number of aromatic nitrogens is 1. The third kappa shape index (κ3) is 3.31. The van der Waals surface area contributed by atoms with Crippen molar-refractivity contribution in [2.75, 3.05) is 20.7 Å². The summed E-state index contributed by atoms with van der Waals surface area (Å²) >= 11 is 0. The molecule has 1 aliphatic carbocycles. The van der Waals surface area contributed by atoms with E-state index < -0.39 is 5.97 Å². The smallest absolute Gasteiger partial charge is 0.339 e. The van der Waals surface area contributed by atoms with Gasteiger partial charge in [-0.15, -0.1) is 0 Å². The summed E-state index contributed by atoms with van der Waals surface area (Å²) in [5, 5.41) is 0. The molecule has 2 atom stereocenters. The van der Waals surface area contributed by atoms with Gasteiger partial charge in [0.1, 0.15) is 12.6 Å². The Labute approximate surface area is 154 Å². The zero-order chi connectivity index (χ0) is 18.8. The molecule has 138 valence electrons. The lowest BCUT2D eigenvalue weighted by Gasteiger charge is -2.30. The standard InChI is InChI=1S/C21H26N2O3/c1-13-19(21(25)26-4)14(2)22-20(13)18(24)12-23(3)17-11-7-9-15-8-5-6-10-16(15)17/h5-6,8,10,17,22H,7,9,11-12H2,1-4H3/p+1/t17-/m1/s1. The van der Waals surface area contributed by atoms with Crippen LogP contribution in [0.1, 0.15) is 62.1 Å². The number of ether oxygens (including phenoxy) is 1. The molecule has 0 fully saturated rings. The van der Waals surface area contributed by atoms with Gasteiger partial charge in [0, 0.05) is 17.7 Å². The predicted molar refractivity (Wildman–Crippen MR) is 99.8 cm³/mol. The molecular formula is C21H27N2O3+. The van der Waals surface area contributed by atoms with Crippen molar-refractivity contribution in [1.82, 2.24) is 4.98 Å². The van der Waals surface area contributed by atoms with Crippen molar-refractivity contribution in [2.45, 2.75) is 39.2 Å². The van der Waals surface area contributed by atoms with Gasteiger partial charge in [-0.3, -0.25) is 4.79 Å². The largest absolute Gasteiger partial charge is 0.465 e. The maximum atomic E-state index is 12.9. The number of rotatable bonds is 5. The molecule has 1 aliphatic rings. The number of aromatic amines is 1. The van der Waals surface area contributed by atoms with Gasteiger partial charge in [0.25, 0.3) is 0 Å². The van der Waals surface area contributed by atoms with Crippen molar-refractivity contribution < 1.29 is 19.2 Å². The quantitative estimate of drug-likeness (QED) is 0.638. The molecule has 5 heteroatoms. The summed E-state index contributed by atoms with van der Waals surface area (Å²) in [7, 11) is 3.44. The highest BCUT2D eigenvalue weighted by atomic mass is 16.5. The second kappa shape index (κ2) is 7.46. The molecule has 0 amide bonds. The first-order chi connectivity index (χ1) is 12.4. The summed E-state index contributed by atoms with van der Waals surface area (Å²) in [4.78, 5) is 29.1. The topological polar surface area (TPSA) is 63.6 Å². The Balaban J connectivity index is 1.80. The van der Waals surface area contributed by atoms with Crippen molar-refractivity contribution >= 4 is 11.8 Å². The van der Waals surface area contributed by atoms with Crippen LogP contribution >= 0.6 is 0 Å². The third-order valence-electron chi connectivity index (χ3n) is 5.51. The molecule has 0 spiro atoms. The second-order valence-electron chi connectivity index (χ2n) is 7.21. The Kier molecular flexibility index (Phi) is 5.28. The lowest BCUT2D eigenvalue weighted by atomic mass is 9.87. The van der Waals surface area contributed by atoms with E-state index in [-0.39, 0.29) is 5.78 Å². The molecule has 1 heterocycles. The molecule has 2 N–H and O–H groups in total. The van der Waals surface area contributed by atoms with Gasteiger partial charge in [0.05, 0.1) is 25.4 Å². The van der Waals surface area contributed by atoms with Gasteiger partial charge >= 0.3 is 5.97 Å². The number of aryl methyl sites for hydroxylation is 2. The number of quaternary nitrogens is 1. The number of carbonyl (C=O) groups is 2. The van der Waals surface area contributed by atoms with Gasteiger partial charge in [-0.2, -0.15) is 0 Å². The van der Waals surface area contributed by atoms with E-state index >= 15 is 0 Å². The van der Waals surface area contributed by atoms with Crippen LogP contribution in [0.3, 0.4) is 0 Å². The summed E-state index contributed by atoms with van der Waals surface area (Å²) in [5.74, 6) is -0.376. The van der Waals surface area contributed by atoms with Crippen molar-refractivity contribution in [1.29, 1.82) is 0 Å². The number of Topliss-reactive ketones (excluding diaryl/α,β-unsaturated/α-hetero) is 1. The minimum absolute atomic E-state index is 0.0290. The predicted octanol–water partition coefficient (Wildman–Crippen LogP) is 2.19. The average Bonchev–Trinajstić information content (AvgIpc) is 2.95. The van der Waals surface area contributed by atoms with Gasteiger partial charge in [-0.1, -0.05) is 24.3 Å². The Morgan fingerprint density at radius 2 is 2.00 bits per heavy atom. The SMILES string of the molecule is COC(=O)c1c(C)[nH]c(C(=O)C[NH+](C)[C@@H]2CCCc3ccccc32)c1C. The van der Waals surface area contributed by atoms with Crippen LogP contribution in [0.5, 0.6) is 0 Å². The number of hydrogen-bond donors (Lipinski definition) is 2. The first-order valence-corrected chi connectivity index (χ1v) is 9.14. The van der Waals surface area contributed by atoms with Gasteiger partial charge in [0.15, 0.2) is 0 Å². The van der Waals surface area contributed by atoms with E-state index in [0.717, 1.165) is 19.3 Å². The molecule has 1 aromatic heterocycles. The van der Waals surface area contributed by atoms with Gasteiger partial charge in [-0.25, -0.2) is 4.79 Å². The fourth-order valence-electron chi connectivity index (χ4n) is 4.17. The number of nitrogens with one attached hydrogen (secondary N) is 2. The van der Waals surface area contributed by atoms with E-state index in [1.54, 1.807) is 13.8 Å². The maximum Gasteiger partial charge on any atom is 0.339 e. The number of H-pyrrole nitrogens is 1. The van der Waals surface area contributed by atoms with Crippen molar-refractivity contribution in [2.24, 2.45) is 0 Å². The van der Waals surface area contributed by atoms with Crippen LogP contribution in [0.15, 0.2) is 24.3 Å². The van der Waals surface area contributed by atoms with Crippen LogP contribution in [-0.4, -0.2) is 37.4 Å².